The molecule has 130 valence electrons. The molecule has 1 aromatic carbocycles. The lowest BCUT2D eigenvalue weighted by Crippen LogP contribution is -2.39. The number of benzene rings is 1. The van der Waals surface area contributed by atoms with Crippen LogP contribution in [0, 0.1) is 6.92 Å². The number of nitrogens with one attached hydrogen (secondary N) is 2. The van der Waals surface area contributed by atoms with Gasteiger partial charge in [0.05, 0.1) is 0 Å². The van der Waals surface area contributed by atoms with Crippen molar-refractivity contribution in [1.82, 2.24) is 10.6 Å². The monoisotopic (exact) mass is 322 g/mol. The molecule has 0 heterocycles. The van der Waals surface area contributed by atoms with E-state index >= 15 is 0 Å². The standard InChI is InChI=1S/C18H30N2O3/c1-12-7-8-15(16(21)11-12)14(3)19-10-9-13(2)20-17(22)23-18(4,5)6/h7-8,11,13-14,19,21H,9-10H2,1-6H3,(H,20,22). The summed E-state index contributed by atoms with van der Waals surface area (Å²) < 4.78 is 5.23. The highest BCUT2D eigenvalue weighted by Gasteiger charge is 2.17. The van der Waals surface area contributed by atoms with Crippen molar-refractivity contribution in [3.8, 4) is 5.75 Å². The molecule has 5 heteroatoms. The van der Waals surface area contributed by atoms with E-state index in [2.05, 4.69) is 10.6 Å². The predicted octanol–water partition coefficient (Wildman–Crippen LogP) is 3.65. The molecule has 0 aliphatic carbocycles. The van der Waals surface area contributed by atoms with Gasteiger partial charge < -0.3 is 20.5 Å². The number of ether oxygens (including phenoxy) is 1. The van der Waals surface area contributed by atoms with Crippen molar-refractivity contribution in [2.75, 3.05) is 6.54 Å². The normalized spacial score (nSPS) is 14.2. The molecule has 1 rings (SSSR count). The van der Waals surface area contributed by atoms with Crippen molar-refractivity contribution >= 4 is 6.09 Å². The van der Waals surface area contributed by atoms with Gasteiger partial charge in [0.1, 0.15) is 11.4 Å². The number of carbonyl (C=O) groups excluding carboxylic acids is 1. The summed E-state index contributed by atoms with van der Waals surface area (Å²) >= 11 is 0. The van der Waals surface area contributed by atoms with Crippen molar-refractivity contribution in [1.29, 1.82) is 0 Å². The number of aromatic hydroxyl groups is 1. The van der Waals surface area contributed by atoms with E-state index in [4.69, 9.17) is 4.74 Å². The number of hydrogen-bond donors (Lipinski definition) is 3. The van der Waals surface area contributed by atoms with Gasteiger partial charge in [-0.2, -0.15) is 0 Å². The van der Waals surface area contributed by atoms with Gasteiger partial charge in [0.2, 0.25) is 0 Å². The molecule has 1 amide bonds. The van der Waals surface area contributed by atoms with Crippen molar-refractivity contribution in [2.45, 2.75) is 65.6 Å². The summed E-state index contributed by atoms with van der Waals surface area (Å²) in [6.07, 6.45) is 0.380. The molecule has 0 saturated heterocycles. The molecule has 0 aromatic heterocycles. The fourth-order valence-electron chi connectivity index (χ4n) is 2.23. The number of carbonyl (C=O) groups is 1. The number of phenolic OH excluding ortho intramolecular Hbond substituents is 1. The van der Waals surface area contributed by atoms with Crippen LogP contribution in [-0.2, 0) is 4.74 Å². The smallest absolute Gasteiger partial charge is 0.407 e. The van der Waals surface area contributed by atoms with Crippen molar-refractivity contribution in [3.05, 3.63) is 29.3 Å². The maximum absolute atomic E-state index is 11.7. The second kappa shape index (κ2) is 8.20. The molecule has 23 heavy (non-hydrogen) atoms. The fourth-order valence-corrected chi connectivity index (χ4v) is 2.23. The van der Waals surface area contributed by atoms with E-state index in [0.717, 1.165) is 24.1 Å². The first-order valence-corrected chi connectivity index (χ1v) is 8.11. The zero-order chi connectivity index (χ0) is 17.6. The van der Waals surface area contributed by atoms with Crippen molar-refractivity contribution in [2.24, 2.45) is 0 Å². The number of aryl methyl sites for hydroxylation is 1. The fraction of sp³-hybridized carbons (Fsp3) is 0.611. The number of rotatable bonds is 6. The summed E-state index contributed by atoms with van der Waals surface area (Å²) in [5, 5.41) is 16.2. The Morgan fingerprint density at radius 1 is 1.30 bits per heavy atom. The average Bonchev–Trinajstić information content (AvgIpc) is 2.35. The number of hydrogen-bond acceptors (Lipinski definition) is 4. The Kier molecular flexibility index (Phi) is 6.88. The molecule has 0 aliphatic rings. The van der Waals surface area contributed by atoms with E-state index in [0.29, 0.717) is 5.75 Å². The van der Waals surface area contributed by atoms with E-state index in [1.165, 1.54) is 0 Å². The lowest BCUT2D eigenvalue weighted by molar-refractivity contribution is 0.0506. The van der Waals surface area contributed by atoms with E-state index in [1.807, 2.05) is 53.7 Å². The summed E-state index contributed by atoms with van der Waals surface area (Å²) in [6, 6.07) is 5.74. The molecular weight excluding hydrogens is 292 g/mol. The van der Waals surface area contributed by atoms with Crippen LogP contribution in [0.1, 0.15) is 58.2 Å². The summed E-state index contributed by atoms with van der Waals surface area (Å²) in [6.45, 7) is 12.2. The van der Waals surface area contributed by atoms with Crippen LogP contribution in [-0.4, -0.2) is 29.4 Å². The highest BCUT2D eigenvalue weighted by molar-refractivity contribution is 5.68. The van der Waals surface area contributed by atoms with Gasteiger partial charge in [0, 0.05) is 17.6 Å². The lowest BCUT2D eigenvalue weighted by atomic mass is 10.0. The SMILES string of the molecule is Cc1ccc(C(C)NCCC(C)NC(=O)OC(C)(C)C)c(O)c1. The Labute approximate surface area is 139 Å². The Morgan fingerprint density at radius 2 is 1.96 bits per heavy atom. The summed E-state index contributed by atoms with van der Waals surface area (Å²) in [4.78, 5) is 11.7. The zero-order valence-corrected chi connectivity index (χ0v) is 15.1. The van der Waals surface area contributed by atoms with Gasteiger partial charge >= 0.3 is 6.09 Å². The molecule has 0 saturated carbocycles. The van der Waals surface area contributed by atoms with Crippen LogP contribution in [0.3, 0.4) is 0 Å². The number of amides is 1. The molecule has 2 atom stereocenters. The van der Waals surface area contributed by atoms with Gasteiger partial charge in [-0.05, 0) is 66.1 Å². The first kappa shape index (κ1) is 19.3. The predicted molar refractivity (Wildman–Crippen MR) is 92.7 cm³/mol. The van der Waals surface area contributed by atoms with E-state index < -0.39 is 11.7 Å². The summed E-state index contributed by atoms with van der Waals surface area (Å²) in [5.74, 6) is 0.310. The van der Waals surface area contributed by atoms with Gasteiger partial charge in [0.25, 0.3) is 0 Å². The van der Waals surface area contributed by atoms with Crippen molar-refractivity contribution < 1.29 is 14.6 Å². The molecule has 1 aromatic rings. The van der Waals surface area contributed by atoms with E-state index in [9.17, 15) is 9.90 Å². The van der Waals surface area contributed by atoms with Crippen LogP contribution in [0.4, 0.5) is 4.79 Å². The van der Waals surface area contributed by atoms with Gasteiger partial charge in [-0.15, -0.1) is 0 Å². The molecule has 0 spiro atoms. The molecule has 0 aliphatic heterocycles. The Hall–Kier alpha value is -1.75. The molecule has 0 radical (unpaired) electrons. The number of phenols is 1. The second-order valence-corrected chi connectivity index (χ2v) is 7.07. The van der Waals surface area contributed by atoms with Gasteiger partial charge in [-0.25, -0.2) is 4.79 Å². The Balaban J connectivity index is 2.37. The average molecular weight is 322 g/mol. The highest BCUT2D eigenvalue weighted by atomic mass is 16.6. The largest absolute Gasteiger partial charge is 0.508 e. The van der Waals surface area contributed by atoms with Crippen LogP contribution >= 0.6 is 0 Å². The van der Waals surface area contributed by atoms with Crippen LogP contribution < -0.4 is 10.6 Å². The van der Waals surface area contributed by atoms with Crippen LogP contribution in [0.25, 0.3) is 0 Å². The van der Waals surface area contributed by atoms with Crippen molar-refractivity contribution in [3.63, 3.8) is 0 Å². The lowest BCUT2D eigenvalue weighted by Gasteiger charge is -2.22. The third-order valence-electron chi connectivity index (χ3n) is 3.44. The molecular formula is C18H30N2O3. The third kappa shape index (κ3) is 7.37. The first-order valence-electron chi connectivity index (χ1n) is 8.11. The topological polar surface area (TPSA) is 70.6 Å². The molecule has 0 bridgehead atoms. The van der Waals surface area contributed by atoms with E-state index in [-0.39, 0.29) is 12.1 Å². The van der Waals surface area contributed by atoms with Gasteiger partial charge in [-0.3, -0.25) is 0 Å². The Bertz CT molecular complexity index is 523. The minimum atomic E-state index is -0.487. The molecule has 2 unspecified atom stereocenters. The number of alkyl carbamates (subject to hydrolysis) is 1. The maximum Gasteiger partial charge on any atom is 0.407 e. The Morgan fingerprint density at radius 3 is 2.52 bits per heavy atom. The second-order valence-electron chi connectivity index (χ2n) is 7.07. The first-order chi connectivity index (χ1) is 10.6. The van der Waals surface area contributed by atoms with E-state index in [1.54, 1.807) is 6.07 Å². The highest BCUT2D eigenvalue weighted by Crippen LogP contribution is 2.24. The van der Waals surface area contributed by atoms with Crippen LogP contribution in [0.2, 0.25) is 0 Å². The van der Waals surface area contributed by atoms with Gasteiger partial charge in [0.15, 0.2) is 0 Å². The van der Waals surface area contributed by atoms with Crippen LogP contribution in [0.15, 0.2) is 18.2 Å². The molecule has 0 fully saturated rings. The zero-order valence-electron chi connectivity index (χ0n) is 15.1. The summed E-state index contributed by atoms with van der Waals surface area (Å²) in [7, 11) is 0. The molecule has 5 nitrogen and oxygen atoms in total. The van der Waals surface area contributed by atoms with Crippen LogP contribution in [0.5, 0.6) is 5.75 Å². The minimum Gasteiger partial charge on any atom is -0.508 e. The van der Waals surface area contributed by atoms with Gasteiger partial charge in [-0.1, -0.05) is 12.1 Å². The maximum atomic E-state index is 11.7. The minimum absolute atomic E-state index is 0.0103. The summed E-state index contributed by atoms with van der Waals surface area (Å²) in [5.41, 5.74) is 1.43. The molecule has 3 N–H and O–H groups in total. The quantitative estimate of drug-likeness (QED) is 0.747. The third-order valence-corrected chi connectivity index (χ3v) is 3.44.